The van der Waals surface area contributed by atoms with Crippen LogP contribution in [0.2, 0.25) is 0 Å². The molecular formula is C12H25NO. The second kappa shape index (κ2) is 6.41. The van der Waals surface area contributed by atoms with Gasteiger partial charge in [-0.1, -0.05) is 13.8 Å². The number of rotatable bonds is 5. The van der Waals surface area contributed by atoms with E-state index in [1.165, 1.54) is 25.7 Å². The lowest BCUT2D eigenvalue weighted by molar-refractivity contribution is 0.0578. The molecule has 1 atom stereocenters. The van der Waals surface area contributed by atoms with Gasteiger partial charge in [-0.3, -0.25) is 0 Å². The molecule has 1 rings (SSSR count). The van der Waals surface area contributed by atoms with Gasteiger partial charge < -0.3 is 10.5 Å². The van der Waals surface area contributed by atoms with E-state index in [0.717, 1.165) is 37.5 Å². The molecular weight excluding hydrogens is 174 g/mol. The van der Waals surface area contributed by atoms with Crippen LogP contribution in [-0.4, -0.2) is 19.8 Å². The van der Waals surface area contributed by atoms with Crippen LogP contribution in [0.25, 0.3) is 0 Å². The zero-order chi connectivity index (χ0) is 10.4. The van der Waals surface area contributed by atoms with Crippen molar-refractivity contribution in [1.82, 2.24) is 0 Å². The van der Waals surface area contributed by atoms with Crippen molar-refractivity contribution < 1.29 is 4.74 Å². The maximum atomic E-state index is 5.81. The summed E-state index contributed by atoms with van der Waals surface area (Å²) in [7, 11) is 0. The van der Waals surface area contributed by atoms with Crippen LogP contribution in [0.5, 0.6) is 0 Å². The Morgan fingerprint density at radius 3 is 2.43 bits per heavy atom. The average Bonchev–Trinajstić information content (AvgIpc) is 2.17. The lowest BCUT2D eigenvalue weighted by Crippen LogP contribution is -2.23. The predicted octanol–water partition coefficient (Wildman–Crippen LogP) is 2.42. The normalized spacial score (nSPS) is 21.4. The highest BCUT2D eigenvalue weighted by Crippen LogP contribution is 2.25. The summed E-state index contributed by atoms with van der Waals surface area (Å²) in [6.07, 6.45) is 5.09. The Morgan fingerprint density at radius 2 is 1.93 bits per heavy atom. The number of hydrogen-bond donors (Lipinski definition) is 1. The van der Waals surface area contributed by atoms with Crippen molar-refractivity contribution >= 4 is 0 Å². The lowest BCUT2D eigenvalue weighted by Gasteiger charge is -2.26. The summed E-state index contributed by atoms with van der Waals surface area (Å²) in [5, 5.41) is 0. The van der Waals surface area contributed by atoms with Gasteiger partial charge in [-0.2, -0.15) is 0 Å². The molecule has 2 heteroatoms. The van der Waals surface area contributed by atoms with Crippen molar-refractivity contribution in [3.05, 3.63) is 0 Å². The van der Waals surface area contributed by atoms with Crippen molar-refractivity contribution in [2.24, 2.45) is 23.5 Å². The molecule has 1 aliphatic rings. The molecule has 1 unspecified atom stereocenters. The first kappa shape index (κ1) is 12.0. The summed E-state index contributed by atoms with van der Waals surface area (Å²) in [4.78, 5) is 0. The Hall–Kier alpha value is -0.0800. The van der Waals surface area contributed by atoms with E-state index in [2.05, 4.69) is 13.8 Å². The molecule has 0 aromatic heterocycles. The van der Waals surface area contributed by atoms with Crippen LogP contribution in [0.4, 0.5) is 0 Å². The van der Waals surface area contributed by atoms with Crippen molar-refractivity contribution in [2.75, 3.05) is 19.8 Å². The van der Waals surface area contributed by atoms with Gasteiger partial charge in [0, 0.05) is 13.2 Å². The zero-order valence-electron chi connectivity index (χ0n) is 9.67. The van der Waals surface area contributed by atoms with E-state index >= 15 is 0 Å². The van der Waals surface area contributed by atoms with E-state index in [1.54, 1.807) is 0 Å². The fourth-order valence-electron chi connectivity index (χ4n) is 2.41. The highest BCUT2D eigenvalue weighted by Gasteiger charge is 2.18. The molecule has 0 bridgehead atoms. The van der Waals surface area contributed by atoms with Crippen LogP contribution in [0, 0.1) is 17.8 Å². The molecule has 84 valence electrons. The van der Waals surface area contributed by atoms with E-state index < -0.39 is 0 Å². The minimum atomic E-state index is 0.734. The quantitative estimate of drug-likeness (QED) is 0.738. The van der Waals surface area contributed by atoms with Crippen LogP contribution in [0.3, 0.4) is 0 Å². The molecule has 2 N–H and O–H groups in total. The van der Waals surface area contributed by atoms with Crippen molar-refractivity contribution in [3.8, 4) is 0 Å². The van der Waals surface area contributed by atoms with Crippen LogP contribution < -0.4 is 5.73 Å². The van der Waals surface area contributed by atoms with E-state index in [-0.39, 0.29) is 0 Å². The molecule has 1 fully saturated rings. The van der Waals surface area contributed by atoms with E-state index in [9.17, 15) is 0 Å². The Morgan fingerprint density at radius 1 is 1.29 bits per heavy atom. The van der Waals surface area contributed by atoms with Crippen LogP contribution in [0.1, 0.15) is 39.5 Å². The number of ether oxygens (including phenoxy) is 1. The highest BCUT2D eigenvalue weighted by atomic mass is 16.5. The molecule has 0 aliphatic carbocycles. The fraction of sp³-hybridized carbons (Fsp3) is 1.00. The van der Waals surface area contributed by atoms with Gasteiger partial charge in [0.05, 0.1) is 0 Å². The first-order chi connectivity index (χ1) is 6.72. The fourth-order valence-corrected chi connectivity index (χ4v) is 2.41. The van der Waals surface area contributed by atoms with E-state index in [0.29, 0.717) is 0 Å². The number of hydrogen-bond acceptors (Lipinski definition) is 2. The standard InChI is InChI=1S/C12H25NO/c1-10(2)7-12(9-13)8-11-3-5-14-6-4-11/h10-12H,3-9,13H2,1-2H3. The van der Waals surface area contributed by atoms with Crippen molar-refractivity contribution in [1.29, 1.82) is 0 Å². The van der Waals surface area contributed by atoms with E-state index in [1.807, 2.05) is 0 Å². The second-order valence-electron chi connectivity index (χ2n) is 5.02. The molecule has 1 heterocycles. The molecule has 1 saturated heterocycles. The maximum Gasteiger partial charge on any atom is 0.0468 e. The topological polar surface area (TPSA) is 35.2 Å². The Kier molecular flexibility index (Phi) is 5.49. The minimum Gasteiger partial charge on any atom is -0.381 e. The lowest BCUT2D eigenvalue weighted by atomic mass is 9.85. The Labute approximate surface area is 88.2 Å². The Bertz CT molecular complexity index is 141. The SMILES string of the molecule is CC(C)CC(CN)CC1CCOCC1. The van der Waals surface area contributed by atoms with Crippen LogP contribution in [-0.2, 0) is 4.74 Å². The third-order valence-corrected chi connectivity index (χ3v) is 3.15. The molecule has 2 nitrogen and oxygen atoms in total. The van der Waals surface area contributed by atoms with Crippen molar-refractivity contribution in [2.45, 2.75) is 39.5 Å². The van der Waals surface area contributed by atoms with Crippen molar-refractivity contribution in [3.63, 3.8) is 0 Å². The van der Waals surface area contributed by atoms with Gasteiger partial charge in [0.1, 0.15) is 0 Å². The van der Waals surface area contributed by atoms with E-state index in [4.69, 9.17) is 10.5 Å². The summed E-state index contributed by atoms with van der Waals surface area (Å²) in [6, 6.07) is 0. The van der Waals surface area contributed by atoms with Gasteiger partial charge >= 0.3 is 0 Å². The minimum absolute atomic E-state index is 0.734. The summed E-state index contributed by atoms with van der Waals surface area (Å²) in [5.74, 6) is 2.39. The molecule has 0 spiro atoms. The predicted molar refractivity (Wildman–Crippen MR) is 60.2 cm³/mol. The molecule has 14 heavy (non-hydrogen) atoms. The molecule has 0 aromatic rings. The Balaban J connectivity index is 2.23. The third kappa shape index (κ3) is 4.43. The summed E-state index contributed by atoms with van der Waals surface area (Å²) >= 11 is 0. The van der Waals surface area contributed by atoms with Gasteiger partial charge in [-0.05, 0) is 50.0 Å². The highest BCUT2D eigenvalue weighted by molar-refractivity contribution is 4.70. The largest absolute Gasteiger partial charge is 0.381 e. The molecule has 0 amide bonds. The zero-order valence-corrected chi connectivity index (χ0v) is 9.67. The van der Waals surface area contributed by atoms with Gasteiger partial charge in [0.15, 0.2) is 0 Å². The molecule has 0 saturated carbocycles. The third-order valence-electron chi connectivity index (χ3n) is 3.15. The number of nitrogens with two attached hydrogens (primary N) is 1. The van der Waals surface area contributed by atoms with Gasteiger partial charge in [-0.25, -0.2) is 0 Å². The first-order valence-corrected chi connectivity index (χ1v) is 6.00. The summed E-state index contributed by atoms with van der Waals surface area (Å²) in [5.41, 5.74) is 5.81. The van der Waals surface area contributed by atoms with Gasteiger partial charge in [0.2, 0.25) is 0 Å². The molecule has 1 aliphatic heterocycles. The van der Waals surface area contributed by atoms with Crippen LogP contribution >= 0.6 is 0 Å². The first-order valence-electron chi connectivity index (χ1n) is 6.00. The smallest absolute Gasteiger partial charge is 0.0468 e. The monoisotopic (exact) mass is 199 g/mol. The molecule has 0 radical (unpaired) electrons. The maximum absolute atomic E-state index is 5.81. The van der Waals surface area contributed by atoms with Crippen LogP contribution in [0.15, 0.2) is 0 Å². The summed E-state index contributed by atoms with van der Waals surface area (Å²) < 4.78 is 5.36. The average molecular weight is 199 g/mol. The second-order valence-corrected chi connectivity index (χ2v) is 5.02. The molecule has 0 aromatic carbocycles. The summed E-state index contributed by atoms with van der Waals surface area (Å²) in [6.45, 7) is 7.35. The van der Waals surface area contributed by atoms with Gasteiger partial charge in [0.25, 0.3) is 0 Å². The van der Waals surface area contributed by atoms with Gasteiger partial charge in [-0.15, -0.1) is 0 Å².